The molecular weight excluding hydrogens is 320 g/mol. The zero-order chi connectivity index (χ0) is 17.7. The molecule has 9 heteroatoms. The number of likely N-dealkylation sites (N-methyl/N-ethyl adjacent to an activating group) is 1. The molecule has 0 atom stereocenters. The number of aryl methyl sites for hydroxylation is 3. The summed E-state index contributed by atoms with van der Waals surface area (Å²) in [5.41, 5.74) is 2.19. The van der Waals surface area contributed by atoms with Gasteiger partial charge in [-0.2, -0.15) is 9.61 Å². The van der Waals surface area contributed by atoms with Crippen molar-refractivity contribution in [2.45, 2.75) is 19.9 Å². The lowest BCUT2D eigenvalue weighted by Gasteiger charge is -2.44. The molecule has 25 heavy (non-hydrogen) atoms. The highest BCUT2D eigenvalue weighted by atomic mass is 16.2. The van der Waals surface area contributed by atoms with E-state index < -0.39 is 0 Å². The van der Waals surface area contributed by atoms with Crippen LogP contribution in [0.3, 0.4) is 0 Å². The number of amides is 1. The predicted molar refractivity (Wildman–Crippen MR) is 91.6 cm³/mol. The maximum absolute atomic E-state index is 12.7. The van der Waals surface area contributed by atoms with Crippen LogP contribution in [0.1, 0.15) is 22.0 Å². The highest BCUT2D eigenvalue weighted by molar-refractivity contribution is 5.93. The highest BCUT2D eigenvalue weighted by Crippen LogP contribution is 2.22. The Hall–Kier alpha value is -2.97. The van der Waals surface area contributed by atoms with Gasteiger partial charge in [0.25, 0.3) is 5.91 Å². The number of fused-ring (bicyclic) bond motifs is 1. The first-order valence-electron chi connectivity index (χ1n) is 8.16. The molecule has 0 radical (unpaired) electrons. The van der Waals surface area contributed by atoms with E-state index in [1.165, 1.54) is 0 Å². The summed E-state index contributed by atoms with van der Waals surface area (Å²) in [7, 11) is 3.63. The number of carbonyl (C=O) groups is 1. The number of hydrogen-bond acceptors (Lipinski definition) is 6. The lowest BCUT2D eigenvalue weighted by Crippen LogP contribution is -2.60. The van der Waals surface area contributed by atoms with Gasteiger partial charge in [0, 0.05) is 27.2 Å². The SMILES string of the molecule is Cc1cc(C(=O)N(C)C2CN(c3ccc4nnc(C)n4n3)C2)n(C)n1. The molecule has 0 bridgehead atoms. The third-order valence-electron chi connectivity index (χ3n) is 4.68. The molecule has 9 nitrogen and oxygen atoms in total. The standard InChI is InChI=1S/C16H20N8O/c1-10-7-13(22(4)19-10)16(25)21(3)12-8-23(9-12)15-6-5-14-18-17-11(2)24(14)20-15/h5-7,12H,8-9H2,1-4H3. The van der Waals surface area contributed by atoms with Crippen molar-refractivity contribution >= 4 is 17.4 Å². The summed E-state index contributed by atoms with van der Waals surface area (Å²) in [6, 6.07) is 5.82. The normalized spacial score (nSPS) is 14.8. The summed E-state index contributed by atoms with van der Waals surface area (Å²) in [6.45, 7) is 5.26. The molecule has 3 aromatic rings. The van der Waals surface area contributed by atoms with Crippen LogP contribution in [0.2, 0.25) is 0 Å². The number of rotatable bonds is 3. The molecule has 0 aromatic carbocycles. The zero-order valence-corrected chi connectivity index (χ0v) is 14.7. The van der Waals surface area contributed by atoms with Crippen molar-refractivity contribution in [3.63, 3.8) is 0 Å². The first kappa shape index (κ1) is 15.6. The minimum atomic E-state index is -0.00850. The predicted octanol–water partition coefficient (Wildman–Crippen LogP) is 0.435. The molecule has 1 saturated heterocycles. The first-order valence-corrected chi connectivity index (χ1v) is 8.16. The highest BCUT2D eigenvalue weighted by Gasteiger charge is 2.34. The van der Waals surface area contributed by atoms with E-state index in [1.807, 2.05) is 39.1 Å². The largest absolute Gasteiger partial charge is 0.351 e. The van der Waals surface area contributed by atoms with Gasteiger partial charge >= 0.3 is 0 Å². The minimum absolute atomic E-state index is 0.00850. The fourth-order valence-corrected chi connectivity index (χ4v) is 3.10. The van der Waals surface area contributed by atoms with Gasteiger partial charge in [0.2, 0.25) is 0 Å². The van der Waals surface area contributed by atoms with Crippen LogP contribution in [0, 0.1) is 13.8 Å². The Labute approximate surface area is 144 Å². The molecule has 0 saturated carbocycles. The van der Waals surface area contributed by atoms with Crippen molar-refractivity contribution in [3.05, 3.63) is 35.4 Å². The van der Waals surface area contributed by atoms with Crippen molar-refractivity contribution in [2.24, 2.45) is 7.05 Å². The summed E-state index contributed by atoms with van der Waals surface area (Å²) in [5.74, 6) is 1.61. The van der Waals surface area contributed by atoms with E-state index in [-0.39, 0.29) is 11.9 Å². The molecule has 1 aliphatic rings. The average molecular weight is 340 g/mol. The van der Waals surface area contributed by atoms with E-state index >= 15 is 0 Å². The lowest BCUT2D eigenvalue weighted by molar-refractivity contribution is 0.0694. The number of carbonyl (C=O) groups excluding carboxylic acids is 1. The van der Waals surface area contributed by atoms with Crippen molar-refractivity contribution in [3.8, 4) is 0 Å². The molecule has 0 aliphatic carbocycles. The maximum Gasteiger partial charge on any atom is 0.272 e. The summed E-state index contributed by atoms with van der Waals surface area (Å²) in [6.07, 6.45) is 0. The van der Waals surface area contributed by atoms with Gasteiger partial charge in [-0.05, 0) is 32.0 Å². The van der Waals surface area contributed by atoms with Crippen molar-refractivity contribution < 1.29 is 4.79 Å². The summed E-state index contributed by atoms with van der Waals surface area (Å²) in [4.78, 5) is 16.6. The van der Waals surface area contributed by atoms with E-state index in [2.05, 4.69) is 25.3 Å². The third-order valence-corrected chi connectivity index (χ3v) is 4.68. The second kappa shape index (κ2) is 5.54. The van der Waals surface area contributed by atoms with Gasteiger partial charge in [0.15, 0.2) is 11.5 Å². The van der Waals surface area contributed by atoms with Crippen LogP contribution < -0.4 is 4.90 Å². The third kappa shape index (κ3) is 2.51. The van der Waals surface area contributed by atoms with Crippen molar-refractivity contribution in [1.82, 2.24) is 34.5 Å². The van der Waals surface area contributed by atoms with Gasteiger partial charge in [-0.25, -0.2) is 0 Å². The quantitative estimate of drug-likeness (QED) is 0.688. The number of hydrogen-bond donors (Lipinski definition) is 0. The van der Waals surface area contributed by atoms with Crippen LogP contribution in [-0.2, 0) is 7.05 Å². The molecule has 4 rings (SSSR count). The Morgan fingerprint density at radius 2 is 1.96 bits per heavy atom. The fraction of sp³-hybridized carbons (Fsp3) is 0.438. The second-order valence-corrected chi connectivity index (χ2v) is 6.48. The van der Waals surface area contributed by atoms with Gasteiger partial charge in [-0.3, -0.25) is 9.48 Å². The van der Waals surface area contributed by atoms with Gasteiger partial charge in [0.1, 0.15) is 11.5 Å². The van der Waals surface area contributed by atoms with Crippen LogP contribution in [0.15, 0.2) is 18.2 Å². The first-order chi connectivity index (χ1) is 11.9. The Morgan fingerprint density at radius 3 is 2.64 bits per heavy atom. The van der Waals surface area contributed by atoms with Gasteiger partial charge < -0.3 is 9.80 Å². The Kier molecular flexibility index (Phi) is 3.45. The summed E-state index contributed by atoms with van der Waals surface area (Å²) >= 11 is 0. The van der Waals surface area contributed by atoms with E-state index in [0.29, 0.717) is 5.69 Å². The molecule has 130 valence electrons. The molecule has 4 heterocycles. The topological polar surface area (TPSA) is 84.5 Å². The van der Waals surface area contributed by atoms with Gasteiger partial charge in [0.05, 0.1) is 11.7 Å². The minimum Gasteiger partial charge on any atom is -0.351 e. The number of aromatic nitrogens is 6. The zero-order valence-electron chi connectivity index (χ0n) is 14.7. The van der Waals surface area contributed by atoms with Crippen LogP contribution in [0.5, 0.6) is 0 Å². The van der Waals surface area contributed by atoms with Crippen LogP contribution in [-0.4, -0.2) is 66.6 Å². The second-order valence-electron chi connectivity index (χ2n) is 6.48. The molecule has 0 spiro atoms. The fourth-order valence-electron chi connectivity index (χ4n) is 3.10. The lowest BCUT2D eigenvalue weighted by atomic mass is 10.1. The Bertz CT molecular complexity index is 952. The Morgan fingerprint density at radius 1 is 1.20 bits per heavy atom. The van der Waals surface area contributed by atoms with Crippen molar-refractivity contribution in [2.75, 3.05) is 25.0 Å². The summed E-state index contributed by atoms with van der Waals surface area (Å²) in [5, 5.41) is 16.9. The smallest absolute Gasteiger partial charge is 0.272 e. The monoisotopic (exact) mass is 340 g/mol. The van der Waals surface area contributed by atoms with Crippen LogP contribution >= 0.6 is 0 Å². The molecular formula is C16H20N8O. The molecule has 0 unspecified atom stereocenters. The van der Waals surface area contributed by atoms with E-state index in [4.69, 9.17) is 0 Å². The average Bonchev–Trinajstić information content (AvgIpc) is 3.07. The molecule has 1 amide bonds. The molecule has 1 fully saturated rings. The van der Waals surface area contributed by atoms with Gasteiger partial charge in [-0.15, -0.1) is 15.3 Å². The maximum atomic E-state index is 12.7. The van der Waals surface area contributed by atoms with Crippen molar-refractivity contribution in [1.29, 1.82) is 0 Å². The number of nitrogens with zero attached hydrogens (tertiary/aromatic N) is 8. The van der Waals surface area contributed by atoms with E-state index in [9.17, 15) is 4.79 Å². The molecule has 1 aliphatic heterocycles. The van der Waals surface area contributed by atoms with Crippen LogP contribution in [0.4, 0.5) is 5.82 Å². The molecule has 3 aromatic heterocycles. The molecule has 0 N–H and O–H groups in total. The van der Waals surface area contributed by atoms with Gasteiger partial charge in [-0.1, -0.05) is 0 Å². The summed E-state index contributed by atoms with van der Waals surface area (Å²) < 4.78 is 3.37. The van der Waals surface area contributed by atoms with Crippen LogP contribution in [0.25, 0.3) is 5.65 Å². The van der Waals surface area contributed by atoms with E-state index in [0.717, 1.165) is 36.1 Å². The Balaban J connectivity index is 1.46. The number of anilines is 1. The van der Waals surface area contributed by atoms with E-state index in [1.54, 1.807) is 21.1 Å².